The summed E-state index contributed by atoms with van der Waals surface area (Å²) in [6.07, 6.45) is 4.40. The lowest BCUT2D eigenvalue weighted by Gasteiger charge is -2.32. The van der Waals surface area contributed by atoms with Crippen molar-refractivity contribution in [2.75, 3.05) is 53.6 Å². The molecule has 2 rings (SSSR count). The van der Waals surface area contributed by atoms with E-state index in [4.69, 9.17) is 18.9 Å². The first-order valence-corrected chi connectivity index (χ1v) is 16.8. The van der Waals surface area contributed by atoms with Gasteiger partial charge >= 0.3 is 6.09 Å². The molecule has 1 aliphatic rings. The van der Waals surface area contributed by atoms with Crippen molar-refractivity contribution in [2.45, 2.75) is 104 Å². The molecule has 0 bridgehead atoms. The van der Waals surface area contributed by atoms with Gasteiger partial charge in [0.2, 0.25) is 5.91 Å². The summed E-state index contributed by atoms with van der Waals surface area (Å²) in [5, 5.41) is 17.4. The molecule has 1 fully saturated rings. The van der Waals surface area contributed by atoms with Crippen molar-refractivity contribution in [2.24, 2.45) is 17.8 Å². The van der Waals surface area contributed by atoms with E-state index in [1.165, 1.54) is 19.3 Å². The van der Waals surface area contributed by atoms with Crippen LogP contribution in [0.4, 0.5) is 4.79 Å². The van der Waals surface area contributed by atoms with Gasteiger partial charge in [-0.25, -0.2) is 4.79 Å². The van der Waals surface area contributed by atoms with Crippen molar-refractivity contribution in [3.63, 3.8) is 0 Å². The summed E-state index contributed by atoms with van der Waals surface area (Å²) in [4.78, 5) is 28.2. The van der Waals surface area contributed by atoms with Gasteiger partial charge in [0.15, 0.2) is 11.5 Å². The van der Waals surface area contributed by atoms with Crippen LogP contribution >= 0.6 is 0 Å². The van der Waals surface area contributed by atoms with E-state index in [1.54, 1.807) is 14.2 Å². The Bertz CT molecular complexity index is 1010. The second kappa shape index (κ2) is 19.8. The third-order valence-electron chi connectivity index (χ3n) is 8.36. The quantitative estimate of drug-likeness (QED) is 0.178. The smallest absolute Gasteiger partial charge is 0.407 e. The Hall–Kier alpha value is -2.56. The zero-order valence-corrected chi connectivity index (χ0v) is 29.2. The van der Waals surface area contributed by atoms with E-state index < -0.39 is 29.8 Å². The number of alkyl carbamates (subject to hydrolysis) is 1. The number of benzene rings is 1. The molecule has 1 aromatic rings. The van der Waals surface area contributed by atoms with E-state index in [0.29, 0.717) is 44.1 Å². The number of likely N-dealkylation sites (tertiary alicyclic amines) is 1. The van der Waals surface area contributed by atoms with E-state index >= 15 is 0 Å². The SMILES string of the molecule is COCCCOc1cc(C[C@@H](C[C@H](NC(=O)OC(C)(C)C)[C@@H](O)C[C@@H](C)C(=O)NCCN2CCCCC2)C(C)C)ccc1OC. The molecule has 1 heterocycles. The number of nitrogens with zero attached hydrogens (tertiary/aromatic N) is 1. The first kappa shape index (κ1) is 38.6. The highest BCUT2D eigenvalue weighted by atomic mass is 16.6. The third-order valence-corrected chi connectivity index (χ3v) is 8.36. The largest absolute Gasteiger partial charge is 0.493 e. The Kier molecular flexibility index (Phi) is 17.0. The van der Waals surface area contributed by atoms with Crippen LogP contribution in [0.3, 0.4) is 0 Å². The molecule has 45 heavy (non-hydrogen) atoms. The number of nitrogens with one attached hydrogen (secondary N) is 2. The van der Waals surface area contributed by atoms with Crippen molar-refractivity contribution in [3.05, 3.63) is 23.8 Å². The first-order chi connectivity index (χ1) is 21.3. The minimum Gasteiger partial charge on any atom is -0.493 e. The van der Waals surface area contributed by atoms with Gasteiger partial charge in [-0.1, -0.05) is 33.3 Å². The van der Waals surface area contributed by atoms with Gasteiger partial charge in [-0.3, -0.25) is 4.79 Å². The fourth-order valence-corrected chi connectivity index (χ4v) is 5.67. The summed E-state index contributed by atoms with van der Waals surface area (Å²) >= 11 is 0. The van der Waals surface area contributed by atoms with Gasteiger partial charge in [0.05, 0.1) is 25.9 Å². The van der Waals surface area contributed by atoms with E-state index in [1.807, 2.05) is 45.9 Å². The highest BCUT2D eigenvalue weighted by molar-refractivity contribution is 5.78. The van der Waals surface area contributed by atoms with Crippen molar-refractivity contribution < 1.29 is 33.6 Å². The van der Waals surface area contributed by atoms with Crippen LogP contribution in [-0.4, -0.2) is 93.4 Å². The van der Waals surface area contributed by atoms with E-state index in [9.17, 15) is 14.7 Å². The van der Waals surface area contributed by atoms with Crippen LogP contribution in [-0.2, 0) is 20.7 Å². The van der Waals surface area contributed by atoms with Gasteiger partial charge < -0.3 is 39.6 Å². The number of rotatable bonds is 19. The maximum absolute atomic E-state index is 12.9. The Labute approximate surface area is 271 Å². The van der Waals surface area contributed by atoms with Crippen LogP contribution in [0.15, 0.2) is 18.2 Å². The Morgan fingerprint density at radius 3 is 2.33 bits per heavy atom. The number of carbonyl (C=O) groups excluding carboxylic acids is 2. The molecule has 1 aromatic carbocycles. The fraction of sp³-hybridized carbons (Fsp3) is 0.771. The molecule has 0 aromatic heterocycles. The third kappa shape index (κ3) is 15.1. The van der Waals surface area contributed by atoms with E-state index in [0.717, 1.165) is 31.6 Å². The van der Waals surface area contributed by atoms with Gasteiger partial charge in [-0.05, 0) is 95.5 Å². The molecule has 0 aliphatic carbocycles. The zero-order valence-electron chi connectivity index (χ0n) is 29.2. The van der Waals surface area contributed by atoms with Gasteiger partial charge in [0.25, 0.3) is 0 Å². The fourth-order valence-electron chi connectivity index (χ4n) is 5.67. The number of piperidine rings is 1. The molecular weight excluding hydrogens is 574 g/mol. The molecule has 4 atom stereocenters. The second-order valence-corrected chi connectivity index (χ2v) is 13.8. The number of ether oxygens (including phenoxy) is 4. The van der Waals surface area contributed by atoms with Crippen LogP contribution in [0, 0.1) is 17.8 Å². The summed E-state index contributed by atoms with van der Waals surface area (Å²) < 4.78 is 22.2. The van der Waals surface area contributed by atoms with Gasteiger partial charge in [-0.15, -0.1) is 0 Å². The summed E-state index contributed by atoms with van der Waals surface area (Å²) in [5.41, 5.74) is 0.393. The monoisotopic (exact) mass is 635 g/mol. The standard InChI is InChI=1S/C35H61N3O7/c1-25(2)28(22-27-13-14-31(43-8)32(23-27)44-20-12-19-42-7)24-29(37-34(41)45-35(4,5)6)30(39)21-26(3)33(40)36-15-18-38-16-10-9-11-17-38/h13-14,23,25-26,28-30,39H,9-12,15-22,24H2,1-8H3,(H,36,40)(H,37,41)/t26-,28+,29+,30+/m1/s1. The molecule has 1 saturated heterocycles. The van der Waals surface area contributed by atoms with Crippen molar-refractivity contribution in [1.29, 1.82) is 0 Å². The first-order valence-electron chi connectivity index (χ1n) is 16.8. The molecular formula is C35H61N3O7. The minimum atomic E-state index is -0.933. The maximum Gasteiger partial charge on any atom is 0.407 e. The molecule has 10 nitrogen and oxygen atoms in total. The lowest BCUT2D eigenvalue weighted by molar-refractivity contribution is -0.125. The van der Waals surface area contributed by atoms with Gasteiger partial charge in [0, 0.05) is 39.1 Å². The van der Waals surface area contributed by atoms with Crippen molar-refractivity contribution in [3.8, 4) is 11.5 Å². The van der Waals surface area contributed by atoms with Crippen LogP contribution < -0.4 is 20.1 Å². The number of amides is 2. The lowest BCUT2D eigenvalue weighted by atomic mass is 9.82. The highest BCUT2D eigenvalue weighted by Crippen LogP contribution is 2.32. The molecule has 3 N–H and O–H groups in total. The van der Waals surface area contributed by atoms with Crippen LogP contribution in [0.2, 0.25) is 0 Å². The molecule has 0 spiro atoms. The van der Waals surface area contributed by atoms with Gasteiger partial charge in [-0.2, -0.15) is 0 Å². The Morgan fingerprint density at radius 2 is 1.71 bits per heavy atom. The summed E-state index contributed by atoms with van der Waals surface area (Å²) in [6.45, 7) is 16.3. The summed E-state index contributed by atoms with van der Waals surface area (Å²) in [7, 11) is 3.29. The van der Waals surface area contributed by atoms with Crippen molar-refractivity contribution in [1.82, 2.24) is 15.5 Å². The molecule has 0 saturated carbocycles. The van der Waals surface area contributed by atoms with E-state index in [-0.39, 0.29) is 24.2 Å². The Balaban J connectivity index is 2.12. The average Bonchev–Trinajstić information content (AvgIpc) is 2.98. The number of aliphatic hydroxyl groups is 1. The zero-order chi connectivity index (χ0) is 33.4. The number of carbonyl (C=O) groups is 2. The minimum absolute atomic E-state index is 0.0845. The van der Waals surface area contributed by atoms with E-state index in [2.05, 4.69) is 29.4 Å². The Morgan fingerprint density at radius 1 is 1.00 bits per heavy atom. The van der Waals surface area contributed by atoms with Gasteiger partial charge in [0.1, 0.15) is 5.60 Å². The van der Waals surface area contributed by atoms with Crippen LogP contribution in [0.25, 0.3) is 0 Å². The number of aliphatic hydroxyl groups excluding tert-OH is 1. The average molecular weight is 636 g/mol. The lowest BCUT2D eigenvalue weighted by Crippen LogP contribution is -2.48. The predicted molar refractivity (Wildman–Crippen MR) is 178 cm³/mol. The number of hydrogen-bond acceptors (Lipinski definition) is 8. The topological polar surface area (TPSA) is 119 Å². The molecule has 10 heteroatoms. The number of hydrogen-bond donors (Lipinski definition) is 3. The van der Waals surface area contributed by atoms with Crippen LogP contribution in [0.1, 0.15) is 85.6 Å². The van der Waals surface area contributed by atoms with Crippen molar-refractivity contribution >= 4 is 12.0 Å². The molecule has 0 radical (unpaired) electrons. The summed E-state index contributed by atoms with van der Waals surface area (Å²) in [5.74, 6) is 1.21. The number of methoxy groups -OCH3 is 2. The van der Waals surface area contributed by atoms with Crippen LogP contribution in [0.5, 0.6) is 11.5 Å². The summed E-state index contributed by atoms with van der Waals surface area (Å²) in [6, 6.07) is 5.34. The predicted octanol–water partition coefficient (Wildman–Crippen LogP) is 5.20. The second-order valence-electron chi connectivity index (χ2n) is 13.8. The molecule has 1 aliphatic heterocycles. The molecule has 2 amide bonds. The molecule has 258 valence electrons. The normalized spacial score (nSPS) is 16.8. The molecule has 0 unspecified atom stereocenters. The highest BCUT2D eigenvalue weighted by Gasteiger charge is 2.31. The maximum atomic E-state index is 12.9.